The molecule has 1 fully saturated rings. The molecule has 5 atom stereocenters. The lowest BCUT2D eigenvalue weighted by Crippen LogP contribution is -2.57. The van der Waals surface area contributed by atoms with Gasteiger partial charge in [-0.3, -0.25) is 14.4 Å². The molecule has 2 amide bonds. The van der Waals surface area contributed by atoms with Crippen molar-refractivity contribution in [1.82, 2.24) is 10.6 Å². The number of aliphatic hydroxyl groups is 1. The van der Waals surface area contributed by atoms with Gasteiger partial charge in [-0.15, -0.1) is 0 Å². The number of ether oxygens (including phenoxy) is 5. The van der Waals surface area contributed by atoms with Crippen LogP contribution in [-0.4, -0.2) is 63.4 Å². The van der Waals surface area contributed by atoms with Gasteiger partial charge in [0.1, 0.15) is 23.0 Å². The number of carbonyl (C=O) groups is 3. The number of rotatable bonds is 13. The summed E-state index contributed by atoms with van der Waals surface area (Å²) >= 11 is 0. The summed E-state index contributed by atoms with van der Waals surface area (Å²) in [6.45, 7) is 5.52. The van der Waals surface area contributed by atoms with E-state index >= 15 is 0 Å². The first-order valence-electron chi connectivity index (χ1n) is 16.3. The number of methoxy groups -OCH3 is 3. The summed E-state index contributed by atoms with van der Waals surface area (Å²) in [5.74, 6) is -1.96. The Hall–Kier alpha value is -5.03. The third-order valence-corrected chi connectivity index (χ3v) is 9.48. The van der Waals surface area contributed by atoms with E-state index in [1.54, 1.807) is 63.4 Å². The molecule has 49 heavy (non-hydrogen) atoms. The third-order valence-electron chi connectivity index (χ3n) is 9.48. The smallest absolute Gasteiger partial charge is 0.303 e. The fourth-order valence-electron chi connectivity index (χ4n) is 7.14. The van der Waals surface area contributed by atoms with Gasteiger partial charge in [-0.1, -0.05) is 48.5 Å². The first kappa shape index (κ1) is 35.3. The van der Waals surface area contributed by atoms with E-state index in [0.29, 0.717) is 47.6 Å². The first-order valence-corrected chi connectivity index (χ1v) is 16.3. The van der Waals surface area contributed by atoms with Crippen molar-refractivity contribution in [2.45, 2.75) is 56.8 Å². The SMILES string of the molecule is C/C=C(\C)C(=O)NCCCCNC(=O)[C@H]1[C@H](c2ccccc2)[C@]2(c3ccc(OC)cc3)Oc3cc(OC)cc(OC)c3[C@@]1(O)[C@@H]2OC(C)=O. The molecule has 2 bridgehead atoms. The van der Waals surface area contributed by atoms with Crippen LogP contribution >= 0.6 is 0 Å². The van der Waals surface area contributed by atoms with Crippen molar-refractivity contribution in [3.8, 4) is 23.0 Å². The van der Waals surface area contributed by atoms with Gasteiger partial charge in [0.15, 0.2) is 17.3 Å². The highest BCUT2D eigenvalue weighted by Crippen LogP contribution is 2.69. The lowest BCUT2D eigenvalue weighted by atomic mass is 9.75. The Morgan fingerprint density at radius 3 is 2.12 bits per heavy atom. The van der Waals surface area contributed by atoms with Crippen molar-refractivity contribution in [2.75, 3.05) is 34.4 Å². The van der Waals surface area contributed by atoms with Gasteiger partial charge >= 0.3 is 5.97 Å². The van der Waals surface area contributed by atoms with E-state index in [0.717, 1.165) is 0 Å². The molecule has 2 aliphatic rings. The molecular weight excluding hydrogens is 628 g/mol. The van der Waals surface area contributed by atoms with Crippen molar-refractivity contribution < 1.29 is 43.2 Å². The van der Waals surface area contributed by atoms with E-state index < -0.39 is 41.0 Å². The van der Waals surface area contributed by atoms with Crippen LogP contribution in [0.4, 0.5) is 0 Å². The topological polar surface area (TPSA) is 142 Å². The zero-order valence-electron chi connectivity index (χ0n) is 28.7. The molecule has 0 spiro atoms. The minimum absolute atomic E-state index is 0.137. The number of amides is 2. The molecule has 0 saturated heterocycles. The van der Waals surface area contributed by atoms with Crippen LogP contribution in [0.1, 0.15) is 56.2 Å². The van der Waals surface area contributed by atoms with E-state index in [1.807, 2.05) is 30.3 Å². The summed E-state index contributed by atoms with van der Waals surface area (Å²) in [5.41, 5.74) is -1.69. The van der Waals surface area contributed by atoms with E-state index in [9.17, 15) is 19.5 Å². The number of hydrogen-bond donors (Lipinski definition) is 3. The number of hydrogen-bond acceptors (Lipinski definition) is 9. The number of unbranched alkanes of at least 4 members (excludes halogenated alkanes) is 1. The van der Waals surface area contributed by atoms with Crippen molar-refractivity contribution in [2.24, 2.45) is 5.92 Å². The average molecular weight is 673 g/mol. The predicted octanol–water partition coefficient (Wildman–Crippen LogP) is 4.51. The number of benzene rings is 3. The summed E-state index contributed by atoms with van der Waals surface area (Å²) in [6, 6.07) is 19.6. The highest BCUT2D eigenvalue weighted by Gasteiger charge is 2.78. The van der Waals surface area contributed by atoms with E-state index in [1.165, 1.54) is 21.1 Å². The zero-order chi connectivity index (χ0) is 35.3. The van der Waals surface area contributed by atoms with E-state index in [4.69, 9.17) is 23.7 Å². The number of nitrogens with one attached hydrogen (secondary N) is 2. The monoisotopic (exact) mass is 672 g/mol. The molecule has 260 valence electrons. The Balaban J connectivity index is 1.66. The number of carbonyl (C=O) groups excluding carboxylic acids is 3. The van der Waals surface area contributed by atoms with Crippen molar-refractivity contribution in [1.29, 1.82) is 0 Å². The van der Waals surface area contributed by atoms with Gasteiger partial charge in [-0.05, 0) is 44.4 Å². The van der Waals surface area contributed by atoms with Crippen LogP contribution in [-0.2, 0) is 30.3 Å². The zero-order valence-corrected chi connectivity index (χ0v) is 28.7. The van der Waals surface area contributed by atoms with Gasteiger partial charge in [0.25, 0.3) is 0 Å². The molecule has 1 heterocycles. The van der Waals surface area contributed by atoms with E-state index in [2.05, 4.69) is 10.6 Å². The van der Waals surface area contributed by atoms with Crippen LogP contribution in [0.15, 0.2) is 78.4 Å². The van der Waals surface area contributed by atoms with Crippen LogP contribution in [0.25, 0.3) is 0 Å². The molecular formula is C38H44N2O9. The molecule has 3 N–H and O–H groups in total. The van der Waals surface area contributed by atoms with Crippen molar-refractivity contribution in [3.63, 3.8) is 0 Å². The quantitative estimate of drug-likeness (QED) is 0.136. The lowest BCUT2D eigenvalue weighted by Gasteiger charge is -2.46. The Kier molecular flexibility index (Phi) is 10.5. The van der Waals surface area contributed by atoms with Gasteiger partial charge in [-0.25, -0.2) is 0 Å². The van der Waals surface area contributed by atoms with Crippen LogP contribution in [0.2, 0.25) is 0 Å². The Bertz CT molecular complexity index is 1710. The van der Waals surface area contributed by atoms with Crippen LogP contribution in [0, 0.1) is 5.92 Å². The molecule has 1 aliphatic carbocycles. The second-order valence-electron chi connectivity index (χ2n) is 12.2. The number of fused-ring (bicyclic) bond motifs is 4. The molecule has 1 aliphatic heterocycles. The van der Waals surface area contributed by atoms with Gasteiger partial charge in [0, 0.05) is 49.2 Å². The minimum Gasteiger partial charge on any atom is -0.497 e. The molecule has 3 aromatic rings. The predicted molar refractivity (Wildman–Crippen MR) is 182 cm³/mol. The maximum Gasteiger partial charge on any atom is 0.303 e. The summed E-state index contributed by atoms with van der Waals surface area (Å²) in [5, 5.41) is 19.2. The van der Waals surface area contributed by atoms with Gasteiger partial charge in [0.2, 0.25) is 11.8 Å². The van der Waals surface area contributed by atoms with Crippen molar-refractivity contribution in [3.05, 3.63) is 95.1 Å². The van der Waals surface area contributed by atoms with Crippen LogP contribution < -0.4 is 29.6 Å². The fraction of sp³-hybridized carbons (Fsp3) is 0.395. The molecule has 11 heteroatoms. The molecule has 5 rings (SSSR count). The van der Waals surface area contributed by atoms with Crippen LogP contribution in [0.5, 0.6) is 23.0 Å². The number of esters is 1. The summed E-state index contributed by atoms with van der Waals surface area (Å²) in [4.78, 5) is 39.7. The Morgan fingerprint density at radius 2 is 1.53 bits per heavy atom. The molecule has 0 radical (unpaired) electrons. The van der Waals surface area contributed by atoms with Crippen LogP contribution in [0.3, 0.4) is 0 Å². The largest absolute Gasteiger partial charge is 0.497 e. The maximum absolute atomic E-state index is 14.7. The highest BCUT2D eigenvalue weighted by molar-refractivity contribution is 5.92. The lowest BCUT2D eigenvalue weighted by molar-refractivity contribution is -0.195. The van der Waals surface area contributed by atoms with E-state index in [-0.39, 0.29) is 29.5 Å². The Labute approximate surface area is 286 Å². The van der Waals surface area contributed by atoms with Gasteiger partial charge in [-0.2, -0.15) is 0 Å². The second-order valence-corrected chi connectivity index (χ2v) is 12.2. The standard InChI is InChI=1S/C38H44N2O9/c1-7-23(2)34(42)39-19-11-12-20-40-35(43)33-31(25-13-9-8-10-14-25)38(26-15-17-27(45-4)18-16-26)36(48-24(3)41)37(33,44)32-29(47-6)21-28(46-5)22-30(32)49-38/h7-10,13-18,21-22,31,33,36,44H,11-12,19-20H2,1-6H3,(H,39,42)(H,40,43)/b23-7+/t31-,33+,36-,37-,38-/m0/s1. The summed E-state index contributed by atoms with van der Waals surface area (Å²) < 4.78 is 29.9. The third kappa shape index (κ3) is 6.30. The minimum atomic E-state index is -2.14. The molecule has 1 saturated carbocycles. The summed E-state index contributed by atoms with van der Waals surface area (Å²) in [7, 11) is 4.50. The molecule has 3 aromatic carbocycles. The average Bonchev–Trinajstić information content (AvgIpc) is 3.26. The van der Waals surface area contributed by atoms with Gasteiger partial charge < -0.3 is 39.4 Å². The Morgan fingerprint density at radius 1 is 0.878 bits per heavy atom. The molecule has 0 unspecified atom stereocenters. The van der Waals surface area contributed by atoms with Crippen molar-refractivity contribution >= 4 is 17.8 Å². The molecule has 0 aromatic heterocycles. The maximum atomic E-state index is 14.7. The fourth-order valence-corrected chi connectivity index (χ4v) is 7.14. The normalized spacial score (nSPS) is 23.8. The second kappa shape index (κ2) is 14.6. The summed E-state index contributed by atoms with van der Waals surface area (Å²) in [6.07, 6.45) is 1.53. The highest BCUT2D eigenvalue weighted by atomic mass is 16.6. The molecule has 11 nitrogen and oxygen atoms in total. The first-order chi connectivity index (χ1) is 23.6. The van der Waals surface area contributed by atoms with Gasteiger partial charge in [0.05, 0.1) is 32.8 Å². The number of allylic oxidation sites excluding steroid dienone is 1.